The summed E-state index contributed by atoms with van der Waals surface area (Å²) in [6.07, 6.45) is 0. The molecule has 0 saturated heterocycles. The molecule has 29 heavy (non-hydrogen) atoms. The van der Waals surface area contributed by atoms with Crippen molar-refractivity contribution in [2.45, 2.75) is 6.92 Å². The van der Waals surface area contributed by atoms with Crippen molar-refractivity contribution in [3.8, 4) is 11.5 Å². The van der Waals surface area contributed by atoms with Crippen LogP contribution in [0.1, 0.15) is 17.3 Å². The quantitative estimate of drug-likeness (QED) is 0.725. The summed E-state index contributed by atoms with van der Waals surface area (Å²) < 4.78 is 15.7. The summed E-state index contributed by atoms with van der Waals surface area (Å²) in [5, 5.41) is 2.88. The Kier molecular flexibility index (Phi) is 6.23. The number of nitrogens with zero attached hydrogens (tertiary/aromatic N) is 1. The Hall–Kier alpha value is -3.26. The molecule has 1 N–H and O–H groups in total. The van der Waals surface area contributed by atoms with Crippen molar-refractivity contribution < 1.29 is 28.6 Å². The van der Waals surface area contributed by atoms with Crippen LogP contribution < -0.4 is 19.7 Å². The molecule has 0 spiro atoms. The van der Waals surface area contributed by atoms with Gasteiger partial charge in [0.2, 0.25) is 5.91 Å². The molecule has 8 nitrogen and oxygen atoms in total. The number of amides is 2. The molecule has 1 aliphatic heterocycles. The van der Waals surface area contributed by atoms with Gasteiger partial charge in [0.1, 0.15) is 6.54 Å². The summed E-state index contributed by atoms with van der Waals surface area (Å²) >= 11 is 6.16. The number of hydrogen-bond donors (Lipinski definition) is 1. The highest BCUT2D eigenvalue weighted by molar-refractivity contribution is 6.32. The van der Waals surface area contributed by atoms with Gasteiger partial charge >= 0.3 is 5.97 Å². The van der Waals surface area contributed by atoms with Gasteiger partial charge < -0.3 is 19.5 Å². The van der Waals surface area contributed by atoms with Crippen molar-refractivity contribution in [2.75, 3.05) is 37.1 Å². The monoisotopic (exact) mass is 418 g/mol. The summed E-state index contributed by atoms with van der Waals surface area (Å²) in [6, 6.07) is 9.68. The first-order valence-electron chi connectivity index (χ1n) is 8.81. The van der Waals surface area contributed by atoms with E-state index in [1.807, 2.05) is 0 Å². The van der Waals surface area contributed by atoms with Crippen molar-refractivity contribution in [2.24, 2.45) is 0 Å². The van der Waals surface area contributed by atoms with Gasteiger partial charge in [-0.25, -0.2) is 4.79 Å². The normalized spacial score (nSPS) is 12.7. The number of methoxy groups -OCH3 is 1. The van der Waals surface area contributed by atoms with Crippen LogP contribution in [-0.4, -0.2) is 44.7 Å². The van der Waals surface area contributed by atoms with Crippen LogP contribution in [0.15, 0.2) is 36.4 Å². The molecule has 152 valence electrons. The number of fused-ring (bicyclic) bond motifs is 1. The molecule has 0 aromatic heterocycles. The smallest absolute Gasteiger partial charge is 0.338 e. The molecule has 2 amide bonds. The number of hydrogen-bond acceptors (Lipinski definition) is 6. The topological polar surface area (TPSA) is 94.2 Å². The number of carbonyl (C=O) groups is 3. The lowest BCUT2D eigenvalue weighted by molar-refractivity contribution is -0.124. The zero-order chi connectivity index (χ0) is 21.0. The fraction of sp³-hybridized carbons (Fsp3) is 0.250. The summed E-state index contributed by atoms with van der Waals surface area (Å²) in [5.41, 5.74) is 1.17. The van der Waals surface area contributed by atoms with Crippen LogP contribution in [0.2, 0.25) is 5.02 Å². The molecule has 0 fully saturated rings. The second kappa shape index (κ2) is 8.83. The van der Waals surface area contributed by atoms with E-state index in [1.165, 1.54) is 24.1 Å². The van der Waals surface area contributed by atoms with E-state index >= 15 is 0 Å². The minimum absolute atomic E-state index is 0.111. The van der Waals surface area contributed by atoms with E-state index in [9.17, 15) is 14.4 Å². The lowest BCUT2D eigenvalue weighted by atomic mass is 10.2. The molecule has 0 bridgehead atoms. The largest absolute Gasteiger partial charge is 0.493 e. The lowest BCUT2D eigenvalue weighted by Crippen LogP contribution is -2.44. The summed E-state index contributed by atoms with van der Waals surface area (Å²) in [6.45, 7) is 1.48. The van der Waals surface area contributed by atoms with Crippen molar-refractivity contribution in [1.82, 2.24) is 0 Å². The van der Waals surface area contributed by atoms with Gasteiger partial charge in [0.25, 0.3) is 5.91 Å². The van der Waals surface area contributed by atoms with E-state index in [-0.39, 0.29) is 28.8 Å². The second-order valence-corrected chi connectivity index (χ2v) is 6.45. The molecule has 3 rings (SSSR count). The minimum atomic E-state index is -0.753. The number of halogens is 1. The van der Waals surface area contributed by atoms with Crippen LogP contribution in [0.25, 0.3) is 0 Å². The highest BCUT2D eigenvalue weighted by Crippen LogP contribution is 2.36. The standard InChI is InChI=1S/C20H19ClN2O6/c1-3-28-19-13(21)8-12(9-16(19)27-2)20(26)29-11-18(25)23-10-17(24)22-14-6-4-5-7-15(14)23/h4-9H,3,10-11H2,1-2H3,(H,22,24). The molecule has 0 radical (unpaired) electrons. The van der Waals surface area contributed by atoms with Crippen molar-refractivity contribution >= 4 is 40.8 Å². The van der Waals surface area contributed by atoms with Gasteiger partial charge in [0.05, 0.1) is 35.7 Å². The van der Waals surface area contributed by atoms with Crippen LogP contribution in [0.4, 0.5) is 11.4 Å². The number of rotatable bonds is 6. The van der Waals surface area contributed by atoms with Crippen LogP contribution >= 0.6 is 11.6 Å². The third-order valence-corrected chi connectivity index (χ3v) is 4.43. The molecule has 0 atom stereocenters. The van der Waals surface area contributed by atoms with E-state index in [4.69, 9.17) is 25.8 Å². The fourth-order valence-electron chi connectivity index (χ4n) is 2.87. The zero-order valence-electron chi connectivity index (χ0n) is 15.9. The van der Waals surface area contributed by atoms with Gasteiger partial charge in [-0.3, -0.25) is 14.5 Å². The Morgan fingerprint density at radius 2 is 2.00 bits per heavy atom. The number of para-hydroxylation sites is 2. The van der Waals surface area contributed by atoms with Gasteiger partial charge in [-0.15, -0.1) is 0 Å². The average molecular weight is 419 g/mol. The molecule has 2 aromatic carbocycles. The highest BCUT2D eigenvalue weighted by Gasteiger charge is 2.27. The van der Waals surface area contributed by atoms with Crippen LogP contribution in [0, 0.1) is 0 Å². The predicted octanol–water partition coefficient (Wildman–Crippen LogP) is 2.89. The third kappa shape index (κ3) is 4.43. The minimum Gasteiger partial charge on any atom is -0.493 e. The van der Waals surface area contributed by atoms with Gasteiger partial charge in [-0.05, 0) is 31.2 Å². The summed E-state index contributed by atoms with van der Waals surface area (Å²) in [4.78, 5) is 38.1. The summed E-state index contributed by atoms with van der Waals surface area (Å²) in [5.74, 6) is -1.01. The molecular formula is C20H19ClN2O6. The lowest BCUT2D eigenvalue weighted by Gasteiger charge is -2.28. The van der Waals surface area contributed by atoms with Gasteiger partial charge in [-0.2, -0.15) is 0 Å². The first-order chi connectivity index (χ1) is 13.9. The van der Waals surface area contributed by atoms with E-state index < -0.39 is 18.5 Å². The molecular weight excluding hydrogens is 400 g/mol. The maximum atomic E-state index is 12.6. The van der Waals surface area contributed by atoms with Gasteiger partial charge in [0.15, 0.2) is 18.1 Å². The highest BCUT2D eigenvalue weighted by atomic mass is 35.5. The molecule has 1 aliphatic rings. The Balaban J connectivity index is 1.72. The van der Waals surface area contributed by atoms with Gasteiger partial charge in [-0.1, -0.05) is 23.7 Å². The number of ether oxygens (including phenoxy) is 3. The maximum Gasteiger partial charge on any atom is 0.338 e. The van der Waals surface area contributed by atoms with Gasteiger partial charge in [0, 0.05) is 0 Å². The fourth-order valence-corrected chi connectivity index (χ4v) is 3.13. The molecule has 2 aromatic rings. The molecule has 0 unspecified atom stereocenters. The van der Waals surface area contributed by atoms with Crippen molar-refractivity contribution in [3.05, 3.63) is 47.0 Å². The van der Waals surface area contributed by atoms with E-state index in [1.54, 1.807) is 31.2 Å². The number of carbonyl (C=O) groups excluding carboxylic acids is 3. The Bertz CT molecular complexity index is 962. The molecule has 9 heteroatoms. The Labute approximate surface area is 172 Å². The van der Waals surface area contributed by atoms with Crippen molar-refractivity contribution in [1.29, 1.82) is 0 Å². The van der Waals surface area contributed by atoms with E-state index in [0.717, 1.165) is 0 Å². The Morgan fingerprint density at radius 3 is 2.72 bits per heavy atom. The second-order valence-electron chi connectivity index (χ2n) is 6.04. The van der Waals surface area contributed by atoms with Crippen molar-refractivity contribution in [3.63, 3.8) is 0 Å². The molecule has 1 heterocycles. The first kappa shape index (κ1) is 20.5. The van der Waals surface area contributed by atoms with Crippen LogP contribution in [0.3, 0.4) is 0 Å². The summed E-state index contributed by atoms with van der Waals surface area (Å²) in [7, 11) is 1.42. The number of nitrogens with one attached hydrogen (secondary N) is 1. The Morgan fingerprint density at radius 1 is 1.24 bits per heavy atom. The maximum absolute atomic E-state index is 12.6. The number of esters is 1. The average Bonchev–Trinajstić information content (AvgIpc) is 2.72. The zero-order valence-corrected chi connectivity index (χ0v) is 16.6. The van der Waals surface area contributed by atoms with E-state index in [2.05, 4.69) is 5.32 Å². The predicted molar refractivity (Wildman–Crippen MR) is 107 cm³/mol. The molecule has 0 aliphatic carbocycles. The first-order valence-corrected chi connectivity index (χ1v) is 9.19. The van der Waals surface area contributed by atoms with E-state index in [0.29, 0.717) is 23.7 Å². The number of anilines is 2. The third-order valence-electron chi connectivity index (χ3n) is 4.15. The molecule has 0 saturated carbocycles. The number of benzene rings is 2. The van der Waals surface area contributed by atoms with Crippen LogP contribution in [-0.2, 0) is 14.3 Å². The van der Waals surface area contributed by atoms with Crippen LogP contribution in [0.5, 0.6) is 11.5 Å². The SMILES string of the molecule is CCOc1c(Cl)cc(C(=O)OCC(=O)N2CC(=O)Nc3ccccc32)cc1OC.